The third kappa shape index (κ3) is 5.73. The fourth-order valence-corrected chi connectivity index (χ4v) is 1.76. The quantitative estimate of drug-likeness (QED) is 0.805. The van der Waals surface area contributed by atoms with Crippen LogP contribution in [0.15, 0.2) is 60.7 Å². The van der Waals surface area contributed by atoms with Crippen molar-refractivity contribution in [2.45, 2.75) is 13.5 Å². The van der Waals surface area contributed by atoms with Crippen LogP contribution in [0.2, 0.25) is 0 Å². The summed E-state index contributed by atoms with van der Waals surface area (Å²) in [6.07, 6.45) is 4.30. The van der Waals surface area contributed by atoms with Gasteiger partial charge in [-0.3, -0.25) is 0 Å². The summed E-state index contributed by atoms with van der Waals surface area (Å²) in [5.74, 6) is 0. The van der Waals surface area contributed by atoms with Crippen molar-refractivity contribution in [1.82, 2.24) is 5.32 Å². The Bertz CT molecular complexity index is 488. The van der Waals surface area contributed by atoms with Gasteiger partial charge in [-0.15, -0.1) is 12.4 Å². The highest BCUT2D eigenvalue weighted by Crippen LogP contribution is 2.03. The third-order valence-corrected chi connectivity index (χ3v) is 2.82. The molecule has 0 aliphatic heterocycles. The van der Waals surface area contributed by atoms with Gasteiger partial charge in [0.2, 0.25) is 0 Å². The summed E-state index contributed by atoms with van der Waals surface area (Å²) < 4.78 is 0. The van der Waals surface area contributed by atoms with E-state index in [4.69, 9.17) is 0 Å². The second kappa shape index (κ2) is 8.52. The minimum atomic E-state index is 0. The van der Waals surface area contributed by atoms with Crippen molar-refractivity contribution in [1.29, 1.82) is 0 Å². The molecule has 2 aromatic carbocycles. The van der Waals surface area contributed by atoms with E-state index in [0.29, 0.717) is 0 Å². The second-order valence-electron chi connectivity index (χ2n) is 4.43. The summed E-state index contributed by atoms with van der Waals surface area (Å²) in [4.78, 5) is 0. The molecule has 0 aromatic heterocycles. The van der Waals surface area contributed by atoms with Crippen molar-refractivity contribution in [3.8, 4) is 0 Å². The van der Waals surface area contributed by atoms with E-state index in [-0.39, 0.29) is 12.4 Å². The summed E-state index contributed by atoms with van der Waals surface area (Å²) >= 11 is 0. The summed E-state index contributed by atoms with van der Waals surface area (Å²) in [5.41, 5.74) is 3.88. The van der Waals surface area contributed by atoms with Gasteiger partial charge in [-0.25, -0.2) is 0 Å². The van der Waals surface area contributed by atoms with Crippen LogP contribution in [0.3, 0.4) is 0 Å². The Morgan fingerprint density at radius 1 is 0.947 bits per heavy atom. The summed E-state index contributed by atoms with van der Waals surface area (Å²) in [5, 5.41) is 3.40. The number of benzene rings is 2. The topological polar surface area (TPSA) is 12.0 Å². The molecule has 2 aromatic rings. The smallest absolute Gasteiger partial charge is 0.0208 e. The van der Waals surface area contributed by atoms with Gasteiger partial charge >= 0.3 is 0 Å². The molecule has 0 unspecified atom stereocenters. The predicted molar refractivity (Wildman–Crippen MR) is 85.6 cm³/mol. The van der Waals surface area contributed by atoms with Crippen LogP contribution in [0.25, 0.3) is 6.08 Å². The molecule has 100 valence electrons. The average Bonchev–Trinajstić information content (AvgIpc) is 2.42. The van der Waals surface area contributed by atoms with E-state index in [1.165, 1.54) is 16.7 Å². The van der Waals surface area contributed by atoms with Gasteiger partial charge < -0.3 is 5.32 Å². The summed E-state index contributed by atoms with van der Waals surface area (Å²) in [6.45, 7) is 3.92. The Morgan fingerprint density at radius 2 is 1.63 bits per heavy atom. The molecular weight excluding hydrogens is 254 g/mol. The number of rotatable bonds is 5. The molecule has 0 fully saturated rings. The van der Waals surface area contributed by atoms with E-state index in [9.17, 15) is 0 Å². The molecule has 0 aliphatic rings. The predicted octanol–water partition coefficient (Wildman–Crippen LogP) is 4.22. The van der Waals surface area contributed by atoms with Crippen molar-refractivity contribution in [3.63, 3.8) is 0 Å². The standard InChI is InChI=1S/C17H19N.ClH/c1-15-9-11-17(12-10-15)14-18-13-5-8-16-6-3-2-4-7-16;/h2-12,18H,13-14H2,1H3;1H/b8-5+;. The zero-order valence-corrected chi connectivity index (χ0v) is 12.0. The van der Waals surface area contributed by atoms with Crippen LogP contribution >= 0.6 is 12.4 Å². The highest BCUT2D eigenvalue weighted by atomic mass is 35.5. The molecule has 0 bridgehead atoms. The van der Waals surface area contributed by atoms with Crippen molar-refractivity contribution in [2.24, 2.45) is 0 Å². The zero-order chi connectivity index (χ0) is 12.6. The lowest BCUT2D eigenvalue weighted by Gasteiger charge is -2.02. The van der Waals surface area contributed by atoms with Crippen molar-refractivity contribution in [3.05, 3.63) is 77.4 Å². The van der Waals surface area contributed by atoms with Gasteiger partial charge in [0.05, 0.1) is 0 Å². The average molecular weight is 274 g/mol. The highest BCUT2D eigenvalue weighted by Gasteiger charge is 1.90. The first-order valence-corrected chi connectivity index (χ1v) is 6.32. The number of nitrogens with one attached hydrogen (secondary N) is 1. The van der Waals surface area contributed by atoms with Gasteiger partial charge in [-0.2, -0.15) is 0 Å². The molecule has 2 heteroatoms. The fraction of sp³-hybridized carbons (Fsp3) is 0.176. The molecule has 0 radical (unpaired) electrons. The van der Waals surface area contributed by atoms with E-state index in [1.807, 2.05) is 6.07 Å². The van der Waals surface area contributed by atoms with Gasteiger partial charge in [-0.1, -0.05) is 72.3 Å². The minimum absolute atomic E-state index is 0. The Morgan fingerprint density at radius 3 is 2.32 bits per heavy atom. The maximum absolute atomic E-state index is 3.40. The molecule has 0 saturated heterocycles. The summed E-state index contributed by atoms with van der Waals surface area (Å²) in [7, 11) is 0. The number of hydrogen-bond donors (Lipinski definition) is 1. The molecule has 1 nitrogen and oxygen atoms in total. The molecule has 19 heavy (non-hydrogen) atoms. The fourth-order valence-electron chi connectivity index (χ4n) is 1.76. The molecule has 0 spiro atoms. The number of aryl methyl sites for hydroxylation is 1. The lowest BCUT2D eigenvalue weighted by Crippen LogP contribution is -2.12. The summed E-state index contributed by atoms with van der Waals surface area (Å²) in [6, 6.07) is 19.0. The molecular formula is C17H20ClN. The Labute approximate surface area is 121 Å². The monoisotopic (exact) mass is 273 g/mol. The first-order valence-electron chi connectivity index (χ1n) is 6.32. The van der Waals surface area contributed by atoms with Crippen LogP contribution in [0.1, 0.15) is 16.7 Å². The lowest BCUT2D eigenvalue weighted by atomic mass is 10.1. The molecule has 0 heterocycles. The molecule has 0 saturated carbocycles. The lowest BCUT2D eigenvalue weighted by molar-refractivity contribution is 0.761. The molecule has 2 rings (SSSR count). The third-order valence-electron chi connectivity index (χ3n) is 2.82. The van der Waals surface area contributed by atoms with E-state index in [2.05, 4.69) is 72.9 Å². The Kier molecular flexibility index (Phi) is 6.94. The van der Waals surface area contributed by atoms with Crippen LogP contribution in [0.5, 0.6) is 0 Å². The SMILES string of the molecule is Cc1ccc(CNC/C=C/c2ccccc2)cc1.Cl. The van der Waals surface area contributed by atoms with E-state index >= 15 is 0 Å². The number of halogens is 1. The zero-order valence-electron chi connectivity index (χ0n) is 11.2. The van der Waals surface area contributed by atoms with Crippen molar-refractivity contribution < 1.29 is 0 Å². The van der Waals surface area contributed by atoms with E-state index in [1.54, 1.807) is 0 Å². The van der Waals surface area contributed by atoms with Crippen LogP contribution in [-0.2, 0) is 6.54 Å². The number of hydrogen-bond acceptors (Lipinski definition) is 1. The van der Waals surface area contributed by atoms with Gasteiger partial charge in [-0.05, 0) is 18.1 Å². The van der Waals surface area contributed by atoms with Crippen molar-refractivity contribution in [2.75, 3.05) is 6.54 Å². The molecule has 0 atom stereocenters. The van der Waals surface area contributed by atoms with Gasteiger partial charge in [0.25, 0.3) is 0 Å². The second-order valence-corrected chi connectivity index (χ2v) is 4.43. The maximum Gasteiger partial charge on any atom is 0.0208 e. The van der Waals surface area contributed by atoms with E-state index in [0.717, 1.165) is 13.1 Å². The maximum atomic E-state index is 3.40. The van der Waals surface area contributed by atoms with Gasteiger partial charge in [0.1, 0.15) is 0 Å². The van der Waals surface area contributed by atoms with Crippen molar-refractivity contribution >= 4 is 18.5 Å². The molecule has 0 amide bonds. The van der Waals surface area contributed by atoms with Crippen LogP contribution in [0, 0.1) is 6.92 Å². The van der Waals surface area contributed by atoms with Crippen LogP contribution in [-0.4, -0.2) is 6.54 Å². The normalized spacial score (nSPS) is 10.4. The minimum Gasteiger partial charge on any atom is -0.309 e. The van der Waals surface area contributed by atoms with Crippen LogP contribution < -0.4 is 5.32 Å². The largest absolute Gasteiger partial charge is 0.309 e. The van der Waals surface area contributed by atoms with E-state index < -0.39 is 0 Å². The van der Waals surface area contributed by atoms with Gasteiger partial charge in [0, 0.05) is 13.1 Å². The van der Waals surface area contributed by atoms with Gasteiger partial charge in [0.15, 0.2) is 0 Å². The first kappa shape index (κ1) is 15.5. The molecule has 1 N–H and O–H groups in total. The first-order chi connectivity index (χ1) is 8.84. The Balaban J connectivity index is 0.00000180. The van der Waals surface area contributed by atoms with Crippen LogP contribution in [0.4, 0.5) is 0 Å². The Hall–Kier alpha value is -1.57. The molecule has 0 aliphatic carbocycles. The highest BCUT2D eigenvalue weighted by molar-refractivity contribution is 5.85.